The quantitative estimate of drug-likeness (QED) is 0.893. The Balaban J connectivity index is 2.08. The number of nitrogens with zero attached hydrogens (tertiary/aromatic N) is 1. The largest absolute Gasteiger partial charge is 0.481 e. The lowest BCUT2D eigenvalue weighted by Crippen LogP contribution is -2.38. The Morgan fingerprint density at radius 3 is 2.76 bits per heavy atom. The number of ether oxygens (including phenoxy) is 1. The molecule has 2 atom stereocenters. The van der Waals surface area contributed by atoms with E-state index in [1.54, 1.807) is 18.2 Å². The van der Waals surface area contributed by atoms with Crippen LogP contribution in [0.2, 0.25) is 0 Å². The van der Waals surface area contributed by atoms with E-state index in [1.165, 1.54) is 18.1 Å². The van der Waals surface area contributed by atoms with Crippen LogP contribution < -0.4 is 0 Å². The number of carboxylic acid groups (broad SMARTS) is 1. The van der Waals surface area contributed by atoms with Crippen LogP contribution in [-0.2, 0) is 20.7 Å². The van der Waals surface area contributed by atoms with Gasteiger partial charge < -0.3 is 14.7 Å². The van der Waals surface area contributed by atoms with E-state index in [4.69, 9.17) is 9.84 Å². The first-order valence-corrected chi connectivity index (χ1v) is 6.78. The van der Waals surface area contributed by atoms with E-state index in [0.29, 0.717) is 18.5 Å². The van der Waals surface area contributed by atoms with E-state index in [0.717, 1.165) is 0 Å². The normalized spacial score (nSPS) is 21.5. The van der Waals surface area contributed by atoms with Crippen LogP contribution in [0.25, 0.3) is 0 Å². The summed E-state index contributed by atoms with van der Waals surface area (Å²) in [6.45, 7) is 0.349. The SMILES string of the molecule is COC1CC(CC(=O)O)N(C(=O)Cc2ccccc2F)C1. The molecular weight excluding hydrogens is 277 g/mol. The topological polar surface area (TPSA) is 66.8 Å². The number of halogens is 1. The van der Waals surface area contributed by atoms with Crippen LogP contribution >= 0.6 is 0 Å². The minimum atomic E-state index is -0.958. The Kier molecular flexibility index (Phi) is 4.90. The highest BCUT2D eigenvalue weighted by Crippen LogP contribution is 2.24. The molecule has 21 heavy (non-hydrogen) atoms. The molecule has 1 aromatic rings. The summed E-state index contributed by atoms with van der Waals surface area (Å²) in [5, 5.41) is 8.93. The van der Waals surface area contributed by atoms with Crippen LogP contribution in [0.5, 0.6) is 0 Å². The molecule has 5 nitrogen and oxygen atoms in total. The van der Waals surface area contributed by atoms with E-state index >= 15 is 0 Å². The van der Waals surface area contributed by atoms with Gasteiger partial charge in [-0.1, -0.05) is 18.2 Å². The molecule has 1 N–H and O–H groups in total. The van der Waals surface area contributed by atoms with Gasteiger partial charge >= 0.3 is 5.97 Å². The van der Waals surface area contributed by atoms with E-state index in [-0.39, 0.29) is 24.9 Å². The summed E-state index contributed by atoms with van der Waals surface area (Å²) in [6.07, 6.45) is 0.132. The van der Waals surface area contributed by atoms with Crippen molar-refractivity contribution in [2.24, 2.45) is 0 Å². The van der Waals surface area contributed by atoms with Crippen LogP contribution in [-0.4, -0.2) is 47.7 Å². The van der Waals surface area contributed by atoms with Crippen molar-refractivity contribution in [3.05, 3.63) is 35.6 Å². The number of carbonyl (C=O) groups excluding carboxylic acids is 1. The molecule has 1 heterocycles. The Bertz CT molecular complexity index is 534. The van der Waals surface area contributed by atoms with Gasteiger partial charge in [0.1, 0.15) is 5.82 Å². The average Bonchev–Trinajstić information content (AvgIpc) is 2.83. The van der Waals surface area contributed by atoms with E-state index in [9.17, 15) is 14.0 Å². The molecule has 1 fully saturated rings. The molecule has 0 bridgehead atoms. The second-order valence-corrected chi connectivity index (χ2v) is 5.16. The number of hydrogen-bond acceptors (Lipinski definition) is 3. The summed E-state index contributed by atoms with van der Waals surface area (Å²) in [5.74, 6) is -1.66. The van der Waals surface area contributed by atoms with Gasteiger partial charge in [-0.15, -0.1) is 0 Å². The zero-order chi connectivity index (χ0) is 15.4. The summed E-state index contributed by atoms with van der Waals surface area (Å²) in [6, 6.07) is 5.70. The Hall–Kier alpha value is -1.95. The van der Waals surface area contributed by atoms with E-state index in [2.05, 4.69) is 0 Å². The molecule has 0 aliphatic carbocycles. The van der Waals surface area contributed by atoms with Gasteiger partial charge in [-0.3, -0.25) is 9.59 Å². The molecule has 0 saturated carbocycles. The van der Waals surface area contributed by atoms with Crippen molar-refractivity contribution in [2.75, 3.05) is 13.7 Å². The minimum absolute atomic E-state index is 0.0702. The van der Waals surface area contributed by atoms with Gasteiger partial charge in [-0.2, -0.15) is 0 Å². The molecule has 2 unspecified atom stereocenters. The van der Waals surface area contributed by atoms with Crippen molar-refractivity contribution in [3.8, 4) is 0 Å². The van der Waals surface area contributed by atoms with Gasteiger partial charge in [0.15, 0.2) is 0 Å². The Morgan fingerprint density at radius 1 is 1.43 bits per heavy atom. The van der Waals surface area contributed by atoms with Crippen LogP contribution in [0.4, 0.5) is 4.39 Å². The second-order valence-electron chi connectivity index (χ2n) is 5.16. The smallest absolute Gasteiger partial charge is 0.305 e. The van der Waals surface area contributed by atoms with Crippen LogP contribution in [0, 0.1) is 5.82 Å². The number of aliphatic carboxylic acids is 1. The zero-order valence-corrected chi connectivity index (χ0v) is 11.8. The first kappa shape index (κ1) is 15.4. The minimum Gasteiger partial charge on any atom is -0.481 e. The highest BCUT2D eigenvalue weighted by Gasteiger charge is 2.36. The van der Waals surface area contributed by atoms with Crippen molar-refractivity contribution in [3.63, 3.8) is 0 Å². The number of benzene rings is 1. The molecule has 1 saturated heterocycles. The maximum atomic E-state index is 13.6. The maximum absolute atomic E-state index is 13.6. The molecule has 1 aliphatic heterocycles. The first-order chi connectivity index (χ1) is 10.0. The lowest BCUT2D eigenvalue weighted by atomic mass is 10.1. The highest BCUT2D eigenvalue weighted by molar-refractivity contribution is 5.80. The molecule has 0 radical (unpaired) electrons. The van der Waals surface area contributed by atoms with Gasteiger partial charge in [0.05, 0.1) is 18.9 Å². The number of carbonyl (C=O) groups is 2. The van der Waals surface area contributed by atoms with Gasteiger partial charge in [-0.05, 0) is 18.1 Å². The Morgan fingerprint density at radius 2 is 2.14 bits per heavy atom. The number of methoxy groups -OCH3 is 1. The van der Waals surface area contributed by atoms with E-state index in [1.807, 2.05) is 0 Å². The van der Waals surface area contributed by atoms with Crippen molar-refractivity contribution >= 4 is 11.9 Å². The summed E-state index contributed by atoms with van der Waals surface area (Å²) in [4.78, 5) is 24.7. The zero-order valence-electron chi connectivity index (χ0n) is 11.8. The standard InChI is InChI=1S/C15H18FNO4/c1-21-12-7-11(8-15(19)20)17(9-12)14(18)6-10-4-2-3-5-13(10)16/h2-5,11-12H,6-9H2,1H3,(H,19,20). The van der Waals surface area contributed by atoms with Crippen molar-refractivity contribution < 1.29 is 23.8 Å². The number of hydrogen-bond donors (Lipinski definition) is 1. The third-order valence-corrected chi connectivity index (χ3v) is 3.74. The third-order valence-electron chi connectivity index (χ3n) is 3.74. The monoisotopic (exact) mass is 295 g/mol. The van der Waals surface area contributed by atoms with Gasteiger partial charge in [0.2, 0.25) is 5.91 Å². The second kappa shape index (κ2) is 6.67. The van der Waals surface area contributed by atoms with E-state index < -0.39 is 17.8 Å². The Labute approximate surface area is 122 Å². The summed E-state index contributed by atoms with van der Waals surface area (Å²) in [5.41, 5.74) is 0.317. The van der Waals surface area contributed by atoms with Crippen molar-refractivity contribution in [2.45, 2.75) is 31.4 Å². The predicted octanol–water partition coefficient (Wildman–Crippen LogP) is 1.46. The maximum Gasteiger partial charge on any atom is 0.305 e. The highest BCUT2D eigenvalue weighted by atomic mass is 19.1. The molecule has 1 aromatic carbocycles. The lowest BCUT2D eigenvalue weighted by Gasteiger charge is -2.23. The molecule has 0 spiro atoms. The molecule has 1 amide bonds. The van der Waals surface area contributed by atoms with Gasteiger partial charge in [-0.25, -0.2) is 4.39 Å². The predicted molar refractivity (Wildman–Crippen MR) is 73.3 cm³/mol. The van der Waals surface area contributed by atoms with Crippen molar-refractivity contribution in [1.29, 1.82) is 0 Å². The number of amides is 1. The van der Waals surface area contributed by atoms with Crippen LogP contribution in [0.15, 0.2) is 24.3 Å². The average molecular weight is 295 g/mol. The van der Waals surface area contributed by atoms with Crippen molar-refractivity contribution in [1.82, 2.24) is 4.90 Å². The number of likely N-dealkylation sites (tertiary alicyclic amines) is 1. The summed E-state index contributed by atoms with van der Waals surface area (Å²) < 4.78 is 18.8. The molecule has 114 valence electrons. The number of carboxylic acids is 1. The fraction of sp³-hybridized carbons (Fsp3) is 0.467. The molecule has 2 rings (SSSR count). The van der Waals surface area contributed by atoms with Gasteiger partial charge in [0, 0.05) is 19.7 Å². The lowest BCUT2D eigenvalue weighted by molar-refractivity contribution is -0.139. The fourth-order valence-corrected chi connectivity index (χ4v) is 2.65. The van der Waals surface area contributed by atoms with Gasteiger partial charge in [0.25, 0.3) is 0 Å². The summed E-state index contributed by atoms with van der Waals surface area (Å²) >= 11 is 0. The van der Waals surface area contributed by atoms with Crippen LogP contribution in [0.3, 0.4) is 0 Å². The fourth-order valence-electron chi connectivity index (χ4n) is 2.65. The molecule has 1 aliphatic rings. The molecular formula is C15H18FNO4. The summed E-state index contributed by atoms with van der Waals surface area (Å²) in [7, 11) is 1.54. The number of rotatable bonds is 5. The molecule has 6 heteroatoms. The molecule has 0 aromatic heterocycles. The first-order valence-electron chi connectivity index (χ1n) is 6.78. The van der Waals surface area contributed by atoms with Crippen LogP contribution in [0.1, 0.15) is 18.4 Å². The third kappa shape index (κ3) is 3.78.